The Morgan fingerprint density at radius 3 is 0.917 bits per heavy atom. The fraction of sp³-hybridized carbons (Fsp3) is 0. The zero-order valence-electron chi connectivity index (χ0n) is 6.16. The van der Waals surface area contributed by atoms with E-state index in [0.717, 1.165) is 0 Å². The van der Waals surface area contributed by atoms with Crippen LogP contribution in [0.4, 0.5) is 0 Å². The summed E-state index contributed by atoms with van der Waals surface area (Å²) in [5, 5.41) is 0. The van der Waals surface area contributed by atoms with Gasteiger partial charge in [-0.25, -0.2) is 0 Å². The van der Waals surface area contributed by atoms with Crippen molar-refractivity contribution < 1.29 is 64.6 Å². The molecule has 0 aliphatic carbocycles. The van der Waals surface area contributed by atoms with Crippen molar-refractivity contribution >= 4 is 20.8 Å². The van der Waals surface area contributed by atoms with E-state index in [1.54, 1.807) is 0 Å². The molecule has 0 fully saturated rings. The molecule has 0 radical (unpaired) electrons. The molecule has 9 nitrogen and oxygen atoms in total. The molecule has 12 heavy (non-hydrogen) atoms. The van der Waals surface area contributed by atoms with Crippen LogP contribution < -0.4 is 35.7 Å². The van der Waals surface area contributed by atoms with Gasteiger partial charge in [0.05, 0.1) is 0 Å². The summed E-state index contributed by atoms with van der Waals surface area (Å²) in [5.74, 6) is 0. The van der Waals surface area contributed by atoms with Crippen LogP contribution in [0.25, 0.3) is 0 Å². The summed E-state index contributed by atoms with van der Waals surface area (Å²) in [5.41, 5.74) is 0. The SMILES string of the molecule is O=S(=O)(O)O.O=S(=O)([O-])[O-].[NH4+].[Na+]. The minimum atomic E-state index is -5.17. The van der Waals surface area contributed by atoms with Gasteiger partial charge in [-0.2, -0.15) is 8.42 Å². The summed E-state index contributed by atoms with van der Waals surface area (Å²) in [6.45, 7) is 0. The van der Waals surface area contributed by atoms with Gasteiger partial charge in [-0.05, 0) is 0 Å². The van der Waals surface area contributed by atoms with Crippen LogP contribution in [-0.2, 0) is 20.8 Å². The molecule has 0 rings (SSSR count). The maximum Gasteiger partial charge on any atom is 1.00 e. The van der Waals surface area contributed by atoms with Crippen molar-refractivity contribution in [2.75, 3.05) is 0 Å². The molecule has 0 aromatic rings. The molecule has 0 amide bonds. The summed E-state index contributed by atoms with van der Waals surface area (Å²) in [7, 11) is -9.83. The van der Waals surface area contributed by atoms with E-state index in [2.05, 4.69) is 0 Å². The molecule has 0 aliphatic heterocycles. The molecule has 0 unspecified atom stereocenters. The Labute approximate surface area is 91.2 Å². The second-order valence-corrected chi connectivity index (χ2v) is 2.57. The molecule has 0 heterocycles. The zero-order chi connectivity index (χ0) is 9.00. The standard InChI is InChI=1S/H3N.Na.2H2O4S/c;;2*1-5(2,3)4/h1H3;;2*(H2,1,2,3,4)/q;+1;;/p-1. The normalized spacial score (nSPS) is 9.67. The summed E-state index contributed by atoms with van der Waals surface area (Å²) in [4.78, 5) is 0. The molecule has 12 heteroatoms. The van der Waals surface area contributed by atoms with Gasteiger partial charge in [-0.3, -0.25) is 17.5 Å². The topological polar surface area (TPSA) is 191 Å². The summed E-state index contributed by atoms with van der Waals surface area (Å²) >= 11 is 0. The molecule has 0 bridgehead atoms. The minimum absolute atomic E-state index is 0. The molecule has 72 valence electrons. The second-order valence-electron chi connectivity index (χ2n) is 0.856. The molecule has 6 N–H and O–H groups in total. The first-order valence-corrected chi connectivity index (χ1v) is 4.10. The van der Waals surface area contributed by atoms with Crippen molar-refractivity contribution in [2.45, 2.75) is 0 Å². The molecular formula is H6NNaO8S2. The first-order valence-electron chi connectivity index (χ1n) is 1.37. The second kappa shape index (κ2) is 8.31. The maximum atomic E-state index is 8.74. The predicted molar refractivity (Wildman–Crippen MR) is 30.6 cm³/mol. The van der Waals surface area contributed by atoms with Crippen LogP contribution in [0, 0.1) is 0 Å². The van der Waals surface area contributed by atoms with Crippen LogP contribution in [-0.4, -0.2) is 35.0 Å². The Balaban J connectivity index is -0.0000000457. The van der Waals surface area contributed by atoms with Gasteiger partial charge in [0.15, 0.2) is 0 Å². The Hall–Kier alpha value is 0.700. The van der Waals surface area contributed by atoms with Crippen LogP contribution >= 0.6 is 0 Å². The van der Waals surface area contributed by atoms with Crippen LogP contribution in [0.2, 0.25) is 0 Å². The smallest absolute Gasteiger partial charge is 0.759 e. The maximum absolute atomic E-state index is 8.74. The van der Waals surface area contributed by atoms with Gasteiger partial charge >= 0.3 is 40.0 Å². The van der Waals surface area contributed by atoms with Crippen molar-refractivity contribution in [2.24, 2.45) is 0 Å². The third-order valence-electron chi connectivity index (χ3n) is 0. The van der Waals surface area contributed by atoms with Crippen LogP contribution in [0.5, 0.6) is 0 Å². The van der Waals surface area contributed by atoms with E-state index >= 15 is 0 Å². The van der Waals surface area contributed by atoms with Crippen molar-refractivity contribution in [1.29, 1.82) is 0 Å². The summed E-state index contributed by atoms with van der Waals surface area (Å²) in [6, 6.07) is 0. The van der Waals surface area contributed by atoms with E-state index in [-0.39, 0.29) is 35.7 Å². The third-order valence-corrected chi connectivity index (χ3v) is 0. The predicted octanol–water partition coefficient (Wildman–Crippen LogP) is -4.61. The third kappa shape index (κ3) is 2050. The largest absolute Gasteiger partial charge is 1.00 e. The van der Waals surface area contributed by atoms with Gasteiger partial charge in [0.2, 0.25) is 0 Å². The van der Waals surface area contributed by atoms with E-state index in [9.17, 15) is 0 Å². The molecule has 0 saturated carbocycles. The zero-order valence-corrected chi connectivity index (χ0v) is 9.79. The Kier molecular flexibility index (Phi) is 15.9. The van der Waals surface area contributed by atoms with Crippen molar-refractivity contribution in [3.63, 3.8) is 0 Å². The fourth-order valence-electron chi connectivity index (χ4n) is 0. The van der Waals surface area contributed by atoms with Gasteiger partial charge in [0.1, 0.15) is 0 Å². The average Bonchev–Trinajstić information content (AvgIpc) is 1.12. The van der Waals surface area contributed by atoms with Gasteiger partial charge in [-0.15, -0.1) is 0 Å². The van der Waals surface area contributed by atoms with E-state index in [1.807, 2.05) is 0 Å². The van der Waals surface area contributed by atoms with E-state index in [1.165, 1.54) is 0 Å². The van der Waals surface area contributed by atoms with E-state index in [4.69, 9.17) is 35.0 Å². The summed E-state index contributed by atoms with van der Waals surface area (Å²) < 4.78 is 65.7. The Morgan fingerprint density at radius 1 is 0.917 bits per heavy atom. The Bertz CT molecular complexity index is 213. The van der Waals surface area contributed by atoms with Crippen molar-refractivity contribution in [1.82, 2.24) is 6.15 Å². The van der Waals surface area contributed by atoms with Crippen molar-refractivity contribution in [3.8, 4) is 0 Å². The van der Waals surface area contributed by atoms with Gasteiger partial charge < -0.3 is 15.3 Å². The molecule has 0 atom stereocenters. The van der Waals surface area contributed by atoms with Gasteiger partial charge in [-0.1, -0.05) is 0 Å². The van der Waals surface area contributed by atoms with Crippen LogP contribution in [0.3, 0.4) is 0 Å². The minimum Gasteiger partial charge on any atom is -0.759 e. The number of rotatable bonds is 0. The molecule has 0 aromatic carbocycles. The number of hydrogen-bond donors (Lipinski definition) is 3. The molecular weight excluding hydrogens is 229 g/mol. The quantitative estimate of drug-likeness (QED) is 0.212. The molecule has 0 saturated heterocycles. The molecule has 0 aromatic heterocycles. The van der Waals surface area contributed by atoms with Crippen LogP contribution in [0.15, 0.2) is 0 Å². The first kappa shape index (κ1) is 23.0. The fourth-order valence-corrected chi connectivity index (χ4v) is 0. The summed E-state index contributed by atoms with van der Waals surface area (Å²) in [6.07, 6.45) is 0. The molecule has 0 spiro atoms. The number of hydrogen-bond acceptors (Lipinski definition) is 6. The van der Waals surface area contributed by atoms with E-state index < -0.39 is 20.8 Å². The van der Waals surface area contributed by atoms with E-state index in [0.29, 0.717) is 0 Å². The van der Waals surface area contributed by atoms with Crippen LogP contribution in [0.1, 0.15) is 0 Å². The average molecular weight is 235 g/mol. The van der Waals surface area contributed by atoms with Gasteiger partial charge in [0.25, 0.3) is 0 Å². The molecule has 0 aliphatic rings. The monoisotopic (exact) mass is 235 g/mol. The number of quaternary nitrogens is 1. The van der Waals surface area contributed by atoms with Gasteiger partial charge in [0, 0.05) is 10.4 Å². The first-order chi connectivity index (χ1) is 4.00. The van der Waals surface area contributed by atoms with Crippen molar-refractivity contribution in [3.05, 3.63) is 0 Å². The Morgan fingerprint density at radius 2 is 0.917 bits per heavy atom.